The molecule has 1 aromatic heterocycles. The first kappa shape index (κ1) is 15.6. The fourth-order valence-electron chi connectivity index (χ4n) is 1.94. The second kappa shape index (κ2) is 5.52. The van der Waals surface area contributed by atoms with E-state index in [1.54, 1.807) is 12.1 Å². The molecule has 0 aliphatic heterocycles. The number of hydrogen-bond donors (Lipinski definition) is 1. The molecule has 0 amide bonds. The second-order valence-corrected chi connectivity index (χ2v) is 7.35. The number of para-hydroxylation sites is 1. The Morgan fingerprint density at radius 2 is 2.05 bits per heavy atom. The van der Waals surface area contributed by atoms with Gasteiger partial charge in [-0.1, -0.05) is 38.4 Å². The Balaban J connectivity index is 2.57. The van der Waals surface area contributed by atoms with Gasteiger partial charge in [0.05, 0.1) is 14.3 Å². The summed E-state index contributed by atoms with van der Waals surface area (Å²) in [5.74, 6) is -0.0257. The Labute approximate surface area is 136 Å². The minimum Gasteiger partial charge on any atom is -0.383 e. The first-order valence-electron chi connectivity index (χ1n) is 6.18. The van der Waals surface area contributed by atoms with Crippen molar-refractivity contribution < 1.29 is 4.39 Å². The topological polar surface area (TPSA) is 43.8 Å². The molecule has 1 heterocycles. The van der Waals surface area contributed by atoms with Crippen LogP contribution in [0.1, 0.15) is 26.5 Å². The van der Waals surface area contributed by atoms with E-state index in [-0.39, 0.29) is 16.1 Å². The molecule has 0 bridgehead atoms. The lowest BCUT2D eigenvalue weighted by Crippen LogP contribution is -2.11. The van der Waals surface area contributed by atoms with Gasteiger partial charge < -0.3 is 5.73 Å². The van der Waals surface area contributed by atoms with Gasteiger partial charge in [-0.15, -0.1) is 0 Å². The van der Waals surface area contributed by atoms with E-state index in [0.29, 0.717) is 5.82 Å². The monoisotopic (exact) mass is 407 g/mol. The summed E-state index contributed by atoms with van der Waals surface area (Å²) < 4.78 is 16.2. The summed E-state index contributed by atoms with van der Waals surface area (Å²) in [4.78, 5) is 0. The van der Waals surface area contributed by atoms with Gasteiger partial charge in [-0.25, -0.2) is 9.07 Å². The smallest absolute Gasteiger partial charge is 0.150 e. The van der Waals surface area contributed by atoms with E-state index in [1.165, 1.54) is 10.7 Å². The molecular formula is C14H16ClFIN3. The van der Waals surface area contributed by atoms with E-state index < -0.39 is 5.82 Å². The SMILES string of the molecule is CC(C)(C)Cc1nn(-c2c(F)cccc2Cl)c(N)c1I. The molecule has 2 N–H and O–H groups in total. The van der Waals surface area contributed by atoms with Crippen LogP contribution in [-0.4, -0.2) is 9.78 Å². The normalized spacial score (nSPS) is 11.9. The number of aromatic nitrogens is 2. The molecule has 0 fully saturated rings. The lowest BCUT2D eigenvalue weighted by molar-refractivity contribution is 0.404. The summed E-state index contributed by atoms with van der Waals surface area (Å²) in [5.41, 5.74) is 7.19. The van der Waals surface area contributed by atoms with Crippen molar-refractivity contribution in [3.05, 3.63) is 38.3 Å². The number of halogens is 3. The van der Waals surface area contributed by atoms with Crippen LogP contribution in [0.15, 0.2) is 18.2 Å². The van der Waals surface area contributed by atoms with Gasteiger partial charge in [-0.3, -0.25) is 0 Å². The molecule has 0 spiro atoms. The van der Waals surface area contributed by atoms with Crippen molar-refractivity contribution in [1.82, 2.24) is 9.78 Å². The summed E-state index contributed by atoms with van der Waals surface area (Å²) in [7, 11) is 0. The van der Waals surface area contributed by atoms with Gasteiger partial charge in [0.2, 0.25) is 0 Å². The molecule has 0 saturated heterocycles. The zero-order chi connectivity index (χ0) is 15.1. The van der Waals surface area contributed by atoms with Gasteiger partial charge in [0.1, 0.15) is 17.3 Å². The van der Waals surface area contributed by atoms with Gasteiger partial charge in [-0.05, 0) is 46.6 Å². The maximum atomic E-state index is 14.0. The van der Waals surface area contributed by atoms with Gasteiger partial charge in [0.25, 0.3) is 0 Å². The van der Waals surface area contributed by atoms with Crippen molar-refractivity contribution in [3.8, 4) is 5.69 Å². The molecule has 2 rings (SSSR count). The fraction of sp³-hybridized carbons (Fsp3) is 0.357. The molecule has 0 radical (unpaired) electrons. The van der Waals surface area contributed by atoms with Crippen LogP contribution in [0.4, 0.5) is 10.2 Å². The summed E-state index contributed by atoms with van der Waals surface area (Å²) in [6.07, 6.45) is 0.758. The minimum absolute atomic E-state index is 0.0740. The van der Waals surface area contributed by atoms with Gasteiger partial charge in [0, 0.05) is 0 Å². The van der Waals surface area contributed by atoms with Gasteiger partial charge >= 0.3 is 0 Å². The molecule has 0 unspecified atom stereocenters. The summed E-state index contributed by atoms with van der Waals surface area (Å²) in [5, 5.41) is 4.74. The van der Waals surface area contributed by atoms with E-state index in [4.69, 9.17) is 17.3 Å². The number of rotatable bonds is 2. The predicted octanol–water partition coefficient (Wildman–Crippen LogP) is 4.44. The number of nitrogen functional groups attached to an aromatic ring is 1. The van der Waals surface area contributed by atoms with Crippen molar-refractivity contribution in [2.75, 3.05) is 5.73 Å². The fourth-order valence-corrected chi connectivity index (χ4v) is 2.71. The number of hydrogen-bond acceptors (Lipinski definition) is 2. The Kier molecular flexibility index (Phi) is 4.30. The maximum absolute atomic E-state index is 14.0. The van der Waals surface area contributed by atoms with Gasteiger partial charge in [-0.2, -0.15) is 5.10 Å². The van der Waals surface area contributed by atoms with Crippen molar-refractivity contribution in [2.45, 2.75) is 27.2 Å². The Morgan fingerprint density at radius 1 is 1.40 bits per heavy atom. The summed E-state index contributed by atoms with van der Waals surface area (Å²) in [6.45, 7) is 6.36. The number of benzene rings is 1. The number of nitrogens with two attached hydrogens (primary N) is 1. The second-order valence-electron chi connectivity index (χ2n) is 5.87. The third-order valence-electron chi connectivity index (χ3n) is 2.77. The Morgan fingerprint density at radius 3 is 2.60 bits per heavy atom. The van der Waals surface area contributed by atoms with E-state index in [1.807, 2.05) is 0 Å². The van der Waals surface area contributed by atoms with E-state index in [2.05, 4.69) is 48.5 Å². The lowest BCUT2D eigenvalue weighted by Gasteiger charge is -2.16. The highest BCUT2D eigenvalue weighted by molar-refractivity contribution is 14.1. The van der Waals surface area contributed by atoms with Crippen LogP contribution < -0.4 is 5.73 Å². The van der Waals surface area contributed by atoms with Crippen molar-refractivity contribution >= 4 is 40.0 Å². The standard InChI is InChI=1S/C14H16ClFIN3/c1-14(2,3)7-10-11(17)13(18)20(19-10)12-8(15)5-4-6-9(12)16/h4-6H,7,18H2,1-3H3. The van der Waals surface area contributed by atoms with Crippen LogP contribution in [0, 0.1) is 14.8 Å². The molecule has 108 valence electrons. The average molecular weight is 408 g/mol. The van der Waals surface area contributed by atoms with Gasteiger partial charge in [0.15, 0.2) is 0 Å². The molecular weight excluding hydrogens is 392 g/mol. The minimum atomic E-state index is -0.439. The molecule has 2 aromatic rings. The molecule has 0 aliphatic carbocycles. The molecule has 0 atom stereocenters. The van der Waals surface area contributed by atoms with Crippen molar-refractivity contribution in [1.29, 1.82) is 0 Å². The third-order valence-corrected chi connectivity index (χ3v) is 4.25. The molecule has 0 saturated carbocycles. The van der Waals surface area contributed by atoms with E-state index in [9.17, 15) is 4.39 Å². The van der Waals surface area contributed by atoms with Crippen LogP contribution in [0.3, 0.4) is 0 Å². The Bertz CT molecular complexity index is 626. The molecule has 20 heavy (non-hydrogen) atoms. The third kappa shape index (κ3) is 3.09. The average Bonchev–Trinajstić information content (AvgIpc) is 2.56. The van der Waals surface area contributed by atoms with E-state index in [0.717, 1.165) is 15.7 Å². The summed E-state index contributed by atoms with van der Waals surface area (Å²) >= 11 is 8.21. The molecule has 3 nitrogen and oxygen atoms in total. The van der Waals surface area contributed by atoms with Crippen LogP contribution in [0.2, 0.25) is 5.02 Å². The Hall–Kier alpha value is -0.820. The van der Waals surface area contributed by atoms with Crippen LogP contribution in [0.25, 0.3) is 5.69 Å². The predicted molar refractivity (Wildman–Crippen MR) is 88.8 cm³/mol. The zero-order valence-electron chi connectivity index (χ0n) is 11.5. The van der Waals surface area contributed by atoms with Crippen LogP contribution in [0.5, 0.6) is 0 Å². The molecule has 1 aromatic carbocycles. The highest BCUT2D eigenvalue weighted by atomic mass is 127. The van der Waals surface area contributed by atoms with Crippen LogP contribution in [-0.2, 0) is 6.42 Å². The zero-order valence-corrected chi connectivity index (χ0v) is 14.5. The first-order valence-corrected chi connectivity index (χ1v) is 7.63. The maximum Gasteiger partial charge on any atom is 0.150 e. The largest absolute Gasteiger partial charge is 0.383 e. The lowest BCUT2D eigenvalue weighted by atomic mass is 9.91. The highest BCUT2D eigenvalue weighted by Crippen LogP contribution is 2.31. The highest BCUT2D eigenvalue weighted by Gasteiger charge is 2.22. The first-order chi connectivity index (χ1) is 9.20. The number of anilines is 1. The van der Waals surface area contributed by atoms with Crippen molar-refractivity contribution in [2.24, 2.45) is 5.41 Å². The number of nitrogens with zero attached hydrogens (tertiary/aromatic N) is 2. The molecule has 0 aliphatic rings. The van der Waals surface area contributed by atoms with E-state index >= 15 is 0 Å². The summed E-state index contributed by atoms with van der Waals surface area (Å²) in [6, 6.07) is 4.53. The van der Waals surface area contributed by atoms with Crippen molar-refractivity contribution in [3.63, 3.8) is 0 Å². The quantitative estimate of drug-likeness (QED) is 0.748. The molecule has 6 heteroatoms. The van der Waals surface area contributed by atoms with Crippen LogP contribution >= 0.6 is 34.2 Å².